The topological polar surface area (TPSA) is 54.4 Å². The average molecular weight is 458 g/mol. The Balaban J connectivity index is 1.41. The highest BCUT2D eigenvalue weighted by atomic mass is 35.5. The number of carbonyl (C=O) groups is 1. The maximum Gasteiger partial charge on any atom is 0.286 e. The first-order valence-corrected chi connectivity index (χ1v) is 11.4. The number of nitrogens with zero attached hydrogens (tertiary/aromatic N) is 3. The first kappa shape index (κ1) is 21.6. The summed E-state index contributed by atoms with van der Waals surface area (Å²) in [6.45, 7) is 5.79. The quantitative estimate of drug-likeness (QED) is 0.614. The number of benzene rings is 2. The number of hydrogen-bond acceptors (Lipinski definition) is 6. The number of methoxy groups -OCH3 is 1. The van der Waals surface area contributed by atoms with E-state index in [-0.39, 0.29) is 5.91 Å². The normalized spacial score (nSPS) is 17.8. The lowest BCUT2D eigenvalue weighted by Crippen LogP contribution is -2.47. The van der Waals surface area contributed by atoms with Crippen LogP contribution in [-0.2, 0) is 4.79 Å². The second kappa shape index (κ2) is 9.66. The molecule has 0 bridgehead atoms. The number of anilines is 1. The van der Waals surface area contributed by atoms with E-state index in [1.165, 1.54) is 11.8 Å². The molecule has 31 heavy (non-hydrogen) atoms. The van der Waals surface area contributed by atoms with Crippen LogP contribution in [0.1, 0.15) is 12.5 Å². The van der Waals surface area contributed by atoms with Gasteiger partial charge in [0.25, 0.3) is 5.91 Å². The molecule has 0 aromatic heterocycles. The molecule has 0 radical (unpaired) electrons. The van der Waals surface area contributed by atoms with Crippen LogP contribution in [0.3, 0.4) is 0 Å². The number of hydrogen-bond donors (Lipinski definition) is 0. The van der Waals surface area contributed by atoms with Crippen LogP contribution in [0.2, 0.25) is 5.02 Å². The minimum atomic E-state index is -0.204. The molecule has 4 rings (SSSR count). The monoisotopic (exact) mass is 457 g/mol. The van der Waals surface area contributed by atoms with Crippen LogP contribution in [0.25, 0.3) is 6.08 Å². The molecule has 2 aliphatic rings. The fourth-order valence-corrected chi connectivity index (χ4v) is 4.71. The second-order valence-corrected chi connectivity index (χ2v) is 8.55. The van der Waals surface area contributed by atoms with Gasteiger partial charge < -0.3 is 19.3 Å². The van der Waals surface area contributed by atoms with E-state index in [0.29, 0.717) is 23.0 Å². The highest BCUT2D eigenvalue weighted by Gasteiger charge is 2.28. The van der Waals surface area contributed by atoms with Gasteiger partial charge in [0.05, 0.1) is 18.6 Å². The average Bonchev–Trinajstić information content (AvgIpc) is 3.15. The summed E-state index contributed by atoms with van der Waals surface area (Å²) in [5.41, 5.74) is 1.99. The molecule has 2 heterocycles. The number of aliphatic imine (C=N–C) groups is 1. The van der Waals surface area contributed by atoms with Crippen molar-refractivity contribution in [2.75, 3.05) is 44.8 Å². The number of amides is 1. The van der Waals surface area contributed by atoms with Crippen molar-refractivity contribution in [2.45, 2.75) is 6.92 Å². The van der Waals surface area contributed by atoms with E-state index < -0.39 is 0 Å². The summed E-state index contributed by atoms with van der Waals surface area (Å²) in [4.78, 5) is 21.9. The van der Waals surface area contributed by atoms with Crippen LogP contribution in [-0.4, -0.2) is 55.9 Å². The first-order valence-electron chi connectivity index (χ1n) is 10.2. The molecule has 2 aromatic carbocycles. The first-order chi connectivity index (χ1) is 15.1. The molecule has 6 nitrogen and oxygen atoms in total. The predicted octanol–water partition coefficient (Wildman–Crippen LogP) is 4.54. The Hall–Kier alpha value is -2.64. The summed E-state index contributed by atoms with van der Waals surface area (Å²) in [5, 5.41) is 1.50. The molecule has 0 aliphatic carbocycles. The van der Waals surface area contributed by atoms with E-state index >= 15 is 0 Å². The van der Waals surface area contributed by atoms with Crippen molar-refractivity contribution in [1.82, 2.24) is 4.90 Å². The number of amidine groups is 1. The molecule has 0 saturated carbocycles. The zero-order chi connectivity index (χ0) is 21.8. The van der Waals surface area contributed by atoms with Crippen LogP contribution < -0.4 is 14.4 Å². The lowest BCUT2D eigenvalue weighted by molar-refractivity contribution is -0.113. The Kier molecular flexibility index (Phi) is 6.73. The van der Waals surface area contributed by atoms with Crippen LogP contribution >= 0.6 is 23.4 Å². The van der Waals surface area contributed by atoms with Crippen molar-refractivity contribution < 1.29 is 14.3 Å². The Labute approximate surface area is 191 Å². The van der Waals surface area contributed by atoms with Gasteiger partial charge in [0, 0.05) is 36.9 Å². The molecule has 1 fully saturated rings. The molecule has 1 amide bonds. The van der Waals surface area contributed by atoms with Gasteiger partial charge in [-0.25, -0.2) is 0 Å². The molecule has 0 unspecified atom stereocenters. The molecular weight excluding hydrogens is 434 g/mol. The summed E-state index contributed by atoms with van der Waals surface area (Å²) in [6.07, 6.45) is 1.85. The van der Waals surface area contributed by atoms with Crippen LogP contribution in [0.15, 0.2) is 52.4 Å². The van der Waals surface area contributed by atoms with E-state index in [1.54, 1.807) is 7.11 Å². The third-order valence-electron chi connectivity index (χ3n) is 5.12. The summed E-state index contributed by atoms with van der Waals surface area (Å²) in [7, 11) is 1.61. The van der Waals surface area contributed by atoms with Gasteiger partial charge in [-0.3, -0.25) is 4.79 Å². The number of ether oxygens (including phenoxy) is 2. The molecule has 1 saturated heterocycles. The minimum absolute atomic E-state index is 0.204. The zero-order valence-corrected chi connectivity index (χ0v) is 19.1. The number of rotatable bonds is 5. The molecule has 0 N–H and O–H groups in total. The van der Waals surface area contributed by atoms with E-state index in [9.17, 15) is 4.79 Å². The van der Waals surface area contributed by atoms with Crippen LogP contribution in [0.5, 0.6) is 11.5 Å². The van der Waals surface area contributed by atoms with Gasteiger partial charge in [0.15, 0.2) is 16.7 Å². The van der Waals surface area contributed by atoms with E-state index in [2.05, 4.69) is 20.9 Å². The maximum atomic E-state index is 12.5. The van der Waals surface area contributed by atoms with Gasteiger partial charge in [-0.05, 0) is 60.7 Å². The zero-order valence-electron chi connectivity index (χ0n) is 17.5. The van der Waals surface area contributed by atoms with E-state index in [1.807, 2.05) is 49.4 Å². The number of carbonyl (C=O) groups excluding carboxylic acids is 1. The fourth-order valence-electron chi connectivity index (χ4n) is 3.56. The molecular formula is C23H24ClN3O3S. The molecule has 0 spiro atoms. The molecule has 0 atom stereocenters. The molecule has 2 aromatic rings. The van der Waals surface area contributed by atoms with Crippen molar-refractivity contribution in [1.29, 1.82) is 0 Å². The van der Waals surface area contributed by atoms with Crippen molar-refractivity contribution in [3.63, 3.8) is 0 Å². The predicted molar refractivity (Wildman–Crippen MR) is 127 cm³/mol. The van der Waals surface area contributed by atoms with Crippen LogP contribution in [0.4, 0.5) is 5.69 Å². The van der Waals surface area contributed by atoms with Gasteiger partial charge in [-0.1, -0.05) is 23.7 Å². The van der Waals surface area contributed by atoms with Crippen molar-refractivity contribution in [2.24, 2.45) is 4.99 Å². The smallest absolute Gasteiger partial charge is 0.286 e. The van der Waals surface area contributed by atoms with E-state index in [0.717, 1.165) is 47.6 Å². The van der Waals surface area contributed by atoms with Crippen LogP contribution in [0, 0.1) is 0 Å². The van der Waals surface area contributed by atoms with Gasteiger partial charge in [0.1, 0.15) is 0 Å². The summed E-state index contributed by atoms with van der Waals surface area (Å²) < 4.78 is 11.0. The Morgan fingerprint density at radius 3 is 2.58 bits per heavy atom. The molecule has 162 valence electrons. The largest absolute Gasteiger partial charge is 0.493 e. The summed E-state index contributed by atoms with van der Waals surface area (Å²) >= 11 is 7.54. The summed E-state index contributed by atoms with van der Waals surface area (Å²) in [5.74, 6) is 1.13. The highest BCUT2D eigenvalue weighted by Crippen LogP contribution is 2.34. The Morgan fingerprint density at radius 1 is 1.10 bits per heavy atom. The standard InChI is InChI=1S/C23H24ClN3O3S/c1-3-30-19-8-7-16(13-20(19)29-2)14-21-22(28)25-23(31-21)27-11-9-26(10-12-27)18-6-4-5-17(24)15-18/h4-8,13-15H,3,9-12H2,1-2H3/b21-14-. The Bertz CT molecular complexity index is 1030. The van der Waals surface area contributed by atoms with Gasteiger partial charge >= 0.3 is 0 Å². The SMILES string of the molecule is CCOc1ccc(/C=C2\SC(N3CCN(c4cccc(Cl)c4)CC3)=NC2=O)cc1OC. The van der Waals surface area contributed by atoms with Crippen molar-refractivity contribution >= 4 is 46.2 Å². The number of piperazine rings is 1. The third kappa shape index (κ3) is 4.99. The fraction of sp³-hybridized carbons (Fsp3) is 0.304. The lowest BCUT2D eigenvalue weighted by Gasteiger charge is -2.36. The third-order valence-corrected chi connectivity index (χ3v) is 6.40. The van der Waals surface area contributed by atoms with Crippen molar-refractivity contribution in [3.8, 4) is 11.5 Å². The van der Waals surface area contributed by atoms with Gasteiger partial charge in [-0.15, -0.1) is 0 Å². The Morgan fingerprint density at radius 2 is 1.87 bits per heavy atom. The van der Waals surface area contributed by atoms with E-state index in [4.69, 9.17) is 21.1 Å². The molecule has 8 heteroatoms. The molecule has 2 aliphatic heterocycles. The summed E-state index contributed by atoms with van der Waals surface area (Å²) in [6, 6.07) is 13.5. The van der Waals surface area contributed by atoms with Gasteiger partial charge in [0.2, 0.25) is 0 Å². The van der Waals surface area contributed by atoms with Crippen molar-refractivity contribution in [3.05, 3.63) is 58.0 Å². The highest BCUT2D eigenvalue weighted by molar-refractivity contribution is 8.18. The number of halogens is 1. The second-order valence-electron chi connectivity index (χ2n) is 7.11. The number of thioether (sulfide) groups is 1. The maximum absolute atomic E-state index is 12.5. The minimum Gasteiger partial charge on any atom is -0.493 e. The lowest BCUT2D eigenvalue weighted by atomic mass is 10.2. The van der Waals surface area contributed by atoms with Gasteiger partial charge in [-0.2, -0.15) is 4.99 Å².